The molecule has 480 valence electrons. The Kier molecular flexibility index (Phi) is 20.1. The number of nitrogens with zero attached hydrogens (tertiary/aromatic N) is 5. The Morgan fingerprint density at radius 3 is 2.20 bits per heavy atom. The van der Waals surface area contributed by atoms with Gasteiger partial charge in [0.25, 0.3) is 24.1 Å². The Bertz CT molecular complexity index is 3450. The zero-order valence-electron chi connectivity index (χ0n) is 49.0. The number of piperazine rings is 1. The lowest BCUT2D eigenvalue weighted by Crippen LogP contribution is -2.62. The van der Waals surface area contributed by atoms with Crippen LogP contribution in [0.3, 0.4) is 0 Å². The summed E-state index contributed by atoms with van der Waals surface area (Å²) in [6.07, 6.45) is -4.26. The molecule has 5 aliphatic heterocycles. The molecular weight excluding hydrogens is 1210 g/mol. The molecule has 9 N–H and O–H groups in total. The van der Waals surface area contributed by atoms with Crippen molar-refractivity contribution in [3.8, 4) is 5.75 Å². The molecule has 0 aliphatic carbocycles. The first-order chi connectivity index (χ1) is 42.0. The van der Waals surface area contributed by atoms with Gasteiger partial charge >= 0.3 is 13.3 Å². The Balaban J connectivity index is 0.869. The minimum atomic E-state index is -5.94. The molecule has 9 amide bonds. The topological polar surface area (TPSA) is 331 Å². The number of fused-ring (bicyclic) bond motifs is 3. The van der Waals surface area contributed by atoms with Crippen LogP contribution in [0.25, 0.3) is 10.1 Å². The van der Waals surface area contributed by atoms with Gasteiger partial charge in [0.15, 0.2) is 0 Å². The fraction of sp³-hybridized carbons (Fsp3) is 0.508. The highest BCUT2D eigenvalue weighted by Gasteiger charge is 2.51. The predicted octanol–water partition coefficient (Wildman–Crippen LogP) is 2.75. The number of halogens is 4. The number of alkyl halides is 4. The standard InChI is InChI=1S/C59H71F4N10O14PS/c1-58(2,3)34-6-4-32(5-7-34)26-41(56(82)71-22-20-69(21-23-71)24-25-87-37-10-11-38-39(29-37)55(81)73(54(38)80)44-14-17-49(75)68-52(44)78)66-50(76)40(12-16-48(64)74)65-51(77)43-13-9-36-18-19-70(31-47(60)61)30-42(57(83)72(36)43)67-53(79)46-28-33-27-35(8-15-45(33)89-46)59(62,63)88(84,85)86/h4-8,10-11,15,27-29,36,40-44,47,56,82H,9,12-14,16-26,30-31H2,1-3H3,(H2,64,74)(H,65,77)(H,66,76)(H,67,79)(H,68,75,78)(H2,84,85,86)/t36-,40+,41+,42+,43+,44?,56?/m1/s1. The third-order valence-electron chi connectivity index (χ3n) is 16.9. The molecule has 3 aromatic carbocycles. The maximum Gasteiger partial charge on any atom is 0.399 e. The molecule has 0 spiro atoms. The second-order valence-corrected chi connectivity index (χ2v) is 26.8. The third-order valence-corrected chi connectivity index (χ3v) is 19.0. The van der Waals surface area contributed by atoms with Gasteiger partial charge in [-0.25, -0.2) is 8.78 Å². The number of amides is 9. The number of aliphatic hydroxyl groups is 1. The predicted molar refractivity (Wildman–Crippen MR) is 313 cm³/mol. The van der Waals surface area contributed by atoms with E-state index < -0.39 is 134 Å². The summed E-state index contributed by atoms with van der Waals surface area (Å²) in [5, 5.41) is 22.7. The highest BCUT2D eigenvalue weighted by molar-refractivity contribution is 7.52. The smallest absolute Gasteiger partial charge is 0.399 e. The fourth-order valence-corrected chi connectivity index (χ4v) is 13.4. The van der Waals surface area contributed by atoms with Crippen LogP contribution < -0.4 is 31.7 Å². The van der Waals surface area contributed by atoms with Gasteiger partial charge in [-0.05, 0) is 96.9 Å². The van der Waals surface area contributed by atoms with Gasteiger partial charge in [-0.3, -0.25) is 72.6 Å². The SMILES string of the molecule is CC(C)(C)c1ccc(C[C@H](NC(=O)[C@H](CCC(N)=O)NC(=O)[C@@H]2CC[C@@H]3CCN(CC(F)F)C[C@H](NC(=O)c4cc5cc(C(F)(F)P(=O)(O)O)ccc5s4)C(=O)N32)C(O)N2CCN(CCOc3ccc4c(c3)C(=O)N(C3CCC(=O)NC3=O)C4=O)CC2)cc1. The maximum atomic E-state index is 14.8. The zero-order valence-corrected chi connectivity index (χ0v) is 50.7. The Labute approximate surface area is 512 Å². The number of primary amides is 1. The summed E-state index contributed by atoms with van der Waals surface area (Å²) >= 11 is 0.810. The Morgan fingerprint density at radius 1 is 0.843 bits per heavy atom. The van der Waals surface area contributed by atoms with E-state index in [1.54, 1.807) is 11.0 Å². The van der Waals surface area contributed by atoms with Crippen LogP contribution in [-0.2, 0) is 50.8 Å². The van der Waals surface area contributed by atoms with Crippen LogP contribution in [0.15, 0.2) is 66.7 Å². The van der Waals surface area contributed by atoms with E-state index >= 15 is 0 Å². The quantitative estimate of drug-likeness (QED) is 0.0319. The second kappa shape index (κ2) is 27.1. The molecule has 2 unspecified atom stereocenters. The van der Waals surface area contributed by atoms with Gasteiger partial charge in [-0.1, -0.05) is 51.1 Å². The number of carbonyl (C=O) groups is 9. The molecule has 9 rings (SSSR count). The Morgan fingerprint density at radius 2 is 1.54 bits per heavy atom. The molecule has 4 aromatic rings. The number of ether oxygens (including phenoxy) is 1. The first-order valence-electron chi connectivity index (χ1n) is 29.2. The molecule has 89 heavy (non-hydrogen) atoms. The molecule has 0 radical (unpaired) electrons. The van der Waals surface area contributed by atoms with Crippen molar-refractivity contribution in [2.75, 3.05) is 59.0 Å². The van der Waals surface area contributed by atoms with Crippen molar-refractivity contribution in [3.05, 3.63) is 99.4 Å². The van der Waals surface area contributed by atoms with Crippen LogP contribution in [0.5, 0.6) is 5.75 Å². The van der Waals surface area contributed by atoms with E-state index in [0.29, 0.717) is 38.5 Å². The van der Waals surface area contributed by atoms with Crippen LogP contribution >= 0.6 is 18.9 Å². The molecule has 0 saturated carbocycles. The van der Waals surface area contributed by atoms with Gasteiger partial charge in [-0.15, -0.1) is 11.3 Å². The van der Waals surface area contributed by atoms with Crippen molar-refractivity contribution in [3.63, 3.8) is 0 Å². The molecule has 1 aromatic heterocycles. The first kappa shape index (κ1) is 66.2. The van der Waals surface area contributed by atoms with E-state index in [2.05, 4.69) is 46.9 Å². The van der Waals surface area contributed by atoms with E-state index in [1.165, 1.54) is 28.0 Å². The second-order valence-electron chi connectivity index (χ2n) is 24.0. The van der Waals surface area contributed by atoms with E-state index in [4.69, 9.17) is 10.5 Å². The average Bonchev–Trinajstić information content (AvgIpc) is 1.70. The van der Waals surface area contributed by atoms with Crippen molar-refractivity contribution in [2.24, 2.45) is 5.73 Å². The van der Waals surface area contributed by atoms with Crippen LogP contribution in [0, 0.1) is 0 Å². The average molecular weight is 1280 g/mol. The summed E-state index contributed by atoms with van der Waals surface area (Å²) < 4.78 is 75.0. The van der Waals surface area contributed by atoms with Gasteiger partial charge in [0.2, 0.25) is 35.4 Å². The van der Waals surface area contributed by atoms with Crippen molar-refractivity contribution in [1.82, 2.24) is 45.8 Å². The van der Waals surface area contributed by atoms with Crippen LogP contribution in [-0.4, -0.2) is 200 Å². The van der Waals surface area contributed by atoms with Crippen molar-refractivity contribution in [1.29, 1.82) is 0 Å². The lowest BCUT2D eigenvalue weighted by Gasteiger charge is -2.40. The summed E-state index contributed by atoms with van der Waals surface area (Å²) in [5.41, 5.74) is 1.80. The van der Waals surface area contributed by atoms with E-state index in [-0.39, 0.29) is 96.0 Å². The molecule has 30 heteroatoms. The van der Waals surface area contributed by atoms with Crippen molar-refractivity contribution >= 4 is 82.2 Å². The third kappa shape index (κ3) is 15.2. The molecule has 0 bridgehead atoms. The molecule has 7 atom stereocenters. The van der Waals surface area contributed by atoms with Gasteiger partial charge in [0, 0.05) is 75.0 Å². The van der Waals surface area contributed by atoms with Crippen LogP contribution in [0.1, 0.15) is 113 Å². The molecule has 6 heterocycles. The van der Waals surface area contributed by atoms with Crippen molar-refractivity contribution in [2.45, 2.75) is 132 Å². The largest absolute Gasteiger partial charge is 0.492 e. The minimum Gasteiger partial charge on any atom is -0.492 e. The number of nitrogens with two attached hydrogens (primary N) is 1. The maximum absolute atomic E-state index is 14.8. The number of hydrogen-bond donors (Lipinski definition) is 8. The van der Waals surface area contributed by atoms with Gasteiger partial charge < -0.3 is 46.2 Å². The molecule has 4 fully saturated rings. The Hall–Kier alpha value is -7.24. The van der Waals surface area contributed by atoms with E-state index in [0.717, 1.165) is 45.6 Å². The number of thiophene rings is 1. The van der Waals surface area contributed by atoms with Gasteiger partial charge in [0.1, 0.15) is 42.8 Å². The molecule has 4 saturated heterocycles. The number of aliphatic hydroxyl groups excluding tert-OH is 1. The summed E-state index contributed by atoms with van der Waals surface area (Å²) in [7, 11) is -5.94. The van der Waals surface area contributed by atoms with Gasteiger partial charge in [-0.2, -0.15) is 8.78 Å². The monoisotopic (exact) mass is 1280 g/mol. The summed E-state index contributed by atoms with van der Waals surface area (Å²) in [6.45, 7) is 7.14. The molecule has 5 aliphatic rings. The summed E-state index contributed by atoms with van der Waals surface area (Å²) in [6, 6.07) is 8.99. The van der Waals surface area contributed by atoms with E-state index in [1.807, 2.05) is 24.3 Å². The summed E-state index contributed by atoms with van der Waals surface area (Å²) in [5.74, 6) is -6.31. The normalized spacial score (nSPS) is 21.9. The lowest BCUT2D eigenvalue weighted by atomic mass is 9.86. The lowest BCUT2D eigenvalue weighted by molar-refractivity contribution is -0.144. The zero-order chi connectivity index (χ0) is 64.4. The minimum absolute atomic E-state index is 0.0142. The number of carbonyl (C=O) groups excluding carboxylic acids is 9. The fourth-order valence-electron chi connectivity index (χ4n) is 12.0. The first-order valence-corrected chi connectivity index (χ1v) is 31.6. The van der Waals surface area contributed by atoms with Crippen LogP contribution in [0.4, 0.5) is 17.6 Å². The van der Waals surface area contributed by atoms with Gasteiger partial charge in [0.05, 0.1) is 28.6 Å². The number of nitrogens with one attached hydrogen (secondary N) is 4. The molecular formula is C59H71F4N10O14PS. The number of hydrogen-bond acceptors (Lipinski definition) is 16. The highest BCUT2D eigenvalue weighted by atomic mass is 32.1. The number of benzene rings is 3. The number of piperidine rings is 1. The van der Waals surface area contributed by atoms with Crippen LogP contribution in [0.2, 0.25) is 0 Å². The number of rotatable bonds is 22. The van der Waals surface area contributed by atoms with Crippen molar-refractivity contribution < 1.29 is 84.9 Å². The highest BCUT2D eigenvalue weighted by Crippen LogP contribution is 2.59. The summed E-state index contributed by atoms with van der Waals surface area (Å²) in [4.78, 5) is 147. The molecule has 24 nitrogen and oxygen atoms in total. The van der Waals surface area contributed by atoms with E-state index in [9.17, 15) is 80.2 Å². The number of imide groups is 2.